The summed E-state index contributed by atoms with van der Waals surface area (Å²) in [5.74, 6) is -2.76. The number of ether oxygens (including phenoxy) is 2. The molecule has 1 N–H and O–H groups in total. The number of hydrogen-bond donors (Lipinski definition) is 1. The third-order valence-electron chi connectivity index (χ3n) is 5.95. The fourth-order valence-electron chi connectivity index (χ4n) is 3.81. The number of benzene rings is 2. The summed E-state index contributed by atoms with van der Waals surface area (Å²) in [7, 11) is 0. The molecule has 0 aliphatic carbocycles. The van der Waals surface area contributed by atoms with E-state index in [1.165, 1.54) is 12.1 Å². The molecule has 0 aromatic heterocycles. The lowest BCUT2D eigenvalue weighted by Crippen LogP contribution is -2.30. The van der Waals surface area contributed by atoms with E-state index in [0.29, 0.717) is 37.1 Å². The Morgan fingerprint density at radius 2 is 1.40 bits per heavy atom. The Morgan fingerprint density at radius 3 is 1.98 bits per heavy atom. The summed E-state index contributed by atoms with van der Waals surface area (Å²) in [4.78, 5) is 62.5. The number of imide groups is 1. The molecule has 1 heterocycles. The molecule has 9 nitrogen and oxygen atoms in total. The van der Waals surface area contributed by atoms with Gasteiger partial charge in [0.05, 0.1) is 43.4 Å². The number of carbonyl (C=O) groups is 5. The second-order valence-corrected chi connectivity index (χ2v) is 10.4. The van der Waals surface area contributed by atoms with Crippen LogP contribution in [0.3, 0.4) is 0 Å². The highest BCUT2D eigenvalue weighted by Crippen LogP contribution is 2.44. The first kappa shape index (κ1) is 31.7. The summed E-state index contributed by atoms with van der Waals surface area (Å²) in [5, 5.41) is 2.13. The molecule has 3 rings (SSSR count). The molecule has 214 valence electrons. The van der Waals surface area contributed by atoms with Crippen molar-refractivity contribution in [3.05, 3.63) is 61.0 Å². The Hall–Kier alpha value is -2.85. The van der Waals surface area contributed by atoms with Crippen LogP contribution in [0, 0.1) is 0 Å². The minimum Gasteiger partial charge on any atom is -0.462 e. The topological polar surface area (TPSA) is 119 Å². The van der Waals surface area contributed by atoms with Gasteiger partial charge in [-0.2, -0.15) is 0 Å². The summed E-state index contributed by atoms with van der Waals surface area (Å²) >= 11 is 24.3. The van der Waals surface area contributed by atoms with Crippen LogP contribution in [0.2, 0.25) is 20.1 Å². The van der Waals surface area contributed by atoms with E-state index in [1.54, 1.807) is 12.1 Å². The maximum atomic E-state index is 12.7. The van der Waals surface area contributed by atoms with Gasteiger partial charge in [-0.1, -0.05) is 66.2 Å². The number of esters is 2. The van der Waals surface area contributed by atoms with Crippen LogP contribution in [0.5, 0.6) is 0 Å². The van der Waals surface area contributed by atoms with Crippen molar-refractivity contribution in [1.29, 1.82) is 0 Å². The number of rotatable bonds is 13. The number of amides is 3. The molecule has 0 radical (unpaired) electrons. The molecule has 0 fully saturated rings. The molecule has 0 unspecified atom stereocenters. The standard InChI is InChI=1S/C27H26Cl4N2O7/c1-2-3-13-39-27(38)15-8-10-16(11-9-15)32-17(34)14-40-18(35)7-5-4-6-12-33-25(36)19-20(26(33)37)22(29)24(31)23(30)21(19)28/h8-11H,2-7,12-14H2,1H3,(H,32,34). The zero-order chi connectivity index (χ0) is 29.4. The fraction of sp³-hybridized carbons (Fsp3) is 0.370. The van der Waals surface area contributed by atoms with Crippen LogP contribution < -0.4 is 5.32 Å². The molecule has 2 aromatic rings. The van der Waals surface area contributed by atoms with Crippen molar-refractivity contribution < 1.29 is 33.4 Å². The highest BCUT2D eigenvalue weighted by Gasteiger charge is 2.41. The SMILES string of the molecule is CCCCOC(=O)c1ccc(NC(=O)COC(=O)CCCCCN2C(=O)c3c(Cl)c(Cl)c(Cl)c(Cl)c3C2=O)cc1. The van der Waals surface area contributed by atoms with Crippen molar-refractivity contribution in [1.82, 2.24) is 4.90 Å². The number of anilines is 1. The predicted octanol–water partition coefficient (Wildman–Crippen LogP) is 6.60. The summed E-state index contributed by atoms with van der Waals surface area (Å²) < 4.78 is 10.1. The lowest BCUT2D eigenvalue weighted by Gasteiger charge is -2.13. The van der Waals surface area contributed by atoms with Gasteiger partial charge < -0.3 is 14.8 Å². The van der Waals surface area contributed by atoms with Crippen LogP contribution >= 0.6 is 46.4 Å². The smallest absolute Gasteiger partial charge is 0.338 e. The van der Waals surface area contributed by atoms with E-state index >= 15 is 0 Å². The van der Waals surface area contributed by atoms with Gasteiger partial charge in [-0.25, -0.2) is 4.79 Å². The molecular weight excluding hydrogens is 606 g/mol. The summed E-state index contributed by atoms with van der Waals surface area (Å²) in [6, 6.07) is 6.17. The average molecular weight is 632 g/mol. The Bertz CT molecular complexity index is 1270. The Labute approximate surface area is 251 Å². The van der Waals surface area contributed by atoms with Crippen molar-refractivity contribution in [2.45, 2.75) is 45.4 Å². The first-order valence-corrected chi connectivity index (χ1v) is 14.0. The summed E-state index contributed by atoms with van der Waals surface area (Å²) in [6.07, 6.45) is 3.08. The minimum atomic E-state index is -0.613. The molecule has 0 spiro atoms. The zero-order valence-corrected chi connectivity index (χ0v) is 24.5. The number of hydrogen-bond acceptors (Lipinski definition) is 7. The monoisotopic (exact) mass is 630 g/mol. The molecule has 0 saturated carbocycles. The molecule has 1 aliphatic rings. The summed E-state index contributed by atoms with van der Waals surface area (Å²) in [6.45, 7) is 1.96. The van der Waals surface area contributed by atoms with Gasteiger partial charge in [0.25, 0.3) is 17.7 Å². The first-order valence-electron chi connectivity index (χ1n) is 12.5. The van der Waals surface area contributed by atoms with Crippen LogP contribution in [0.15, 0.2) is 24.3 Å². The fourth-order valence-corrected chi connectivity index (χ4v) is 4.83. The average Bonchev–Trinajstić information content (AvgIpc) is 3.19. The highest BCUT2D eigenvalue weighted by atomic mass is 35.5. The van der Waals surface area contributed by atoms with E-state index in [2.05, 4.69) is 5.32 Å². The van der Waals surface area contributed by atoms with E-state index in [4.69, 9.17) is 55.9 Å². The number of fused-ring (bicyclic) bond motifs is 1. The minimum absolute atomic E-state index is 0.0487. The quantitative estimate of drug-likeness (QED) is 0.0870. The molecular formula is C27H26Cl4N2O7. The van der Waals surface area contributed by atoms with Gasteiger partial charge >= 0.3 is 11.9 Å². The molecule has 0 atom stereocenters. The van der Waals surface area contributed by atoms with Crippen LogP contribution in [-0.4, -0.2) is 54.3 Å². The first-order chi connectivity index (χ1) is 19.1. The van der Waals surface area contributed by atoms with E-state index < -0.39 is 36.3 Å². The summed E-state index contributed by atoms with van der Waals surface area (Å²) in [5.41, 5.74) is 0.652. The number of nitrogens with zero attached hydrogens (tertiary/aromatic N) is 1. The van der Waals surface area contributed by atoms with E-state index in [0.717, 1.165) is 17.7 Å². The second kappa shape index (κ2) is 14.7. The van der Waals surface area contributed by atoms with Crippen molar-refractivity contribution >= 4 is 81.8 Å². The number of halogens is 4. The Balaban J connectivity index is 1.35. The highest BCUT2D eigenvalue weighted by molar-refractivity contribution is 6.55. The van der Waals surface area contributed by atoms with Crippen LogP contribution in [0.1, 0.15) is 76.5 Å². The van der Waals surface area contributed by atoms with Gasteiger partial charge in [0.2, 0.25) is 0 Å². The van der Waals surface area contributed by atoms with Gasteiger partial charge in [0.1, 0.15) is 0 Å². The molecule has 40 heavy (non-hydrogen) atoms. The van der Waals surface area contributed by atoms with Gasteiger partial charge in [-0.3, -0.25) is 24.1 Å². The van der Waals surface area contributed by atoms with E-state index in [-0.39, 0.29) is 44.2 Å². The lowest BCUT2D eigenvalue weighted by molar-refractivity contribution is -0.147. The second-order valence-electron chi connectivity index (χ2n) is 8.85. The molecule has 0 saturated heterocycles. The molecule has 2 aromatic carbocycles. The Kier molecular flexibility index (Phi) is 11.6. The maximum Gasteiger partial charge on any atom is 0.338 e. The van der Waals surface area contributed by atoms with Crippen LogP contribution in [0.4, 0.5) is 5.69 Å². The van der Waals surface area contributed by atoms with E-state index in [1.807, 2.05) is 6.92 Å². The number of carbonyl (C=O) groups excluding carboxylic acids is 5. The number of nitrogens with one attached hydrogen (secondary N) is 1. The van der Waals surface area contributed by atoms with Gasteiger partial charge in [-0.15, -0.1) is 0 Å². The van der Waals surface area contributed by atoms with Crippen LogP contribution in [-0.2, 0) is 19.1 Å². The van der Waals surface area contributed by atoms with Crippen molar-refractivity contribution in [3.8, 4) is 0 Å². The van der Waals surface area contributed by atoms with E-state index in [9.17, 15) is 24.0 Å². The van der Waals surface area contributed by atoms with Gasteiger partial charge in [0, 0.05) is 18.7 Å². The molecule has 0 bridgehead atoms. The lowest BCUT2D eigenvalue weighted by atomic mass is 10.1. The van der Waals surface area contributed by atoms with Crippen molar-refractivity contribution in [2.75, 3.05) is 25.1 Å². The van der Waals surface area contributed by atoms with Gasteiger partial charge in [0.15, 0.2) is 6.61 Å². The zero-order valence-electron chi connectivity index (χ0n) is 21.5. The van der Waals surface area contributed by atoms with Crippen LogP contribution in [0.25, 0.3) is 0 Å². The third kappa shape index (κ3) is 7.66. The predicted molar refractivity (Wildman–Crippen MR) is 152 cm³/mol. The molecule has 1 aliphatic heterocycles. The third-order valence-corrected chi connectivity index (χ3v) is 7.75. The van der Waals surface area contributed by atoms with Gasteiger partial charge in [-0.05, 0) is 43.5 Å². The normalized spacial score (nSPS) is 12.4. The molecule has 13 heteroatoms. The van der Waals surface area contributed by atoms with Crippen molar-refractivity contribution in [2.24, 2.45) is 0 Å². The Morgan fingerprint density at radius 1 is 0.800 bits per heavy atom. The van der Waals surface area contributed by atoms with Crippen molar-refractivity contribution in [3.63, 3.8) is 0 Å². The maximum absolute atomic E-state index is 12.7. The number of unbranched alkanes of at least 4 members (excludes halogenated alkanes) is 3. The molecule has 3 amide bonds. The largest absolute Gasteiger partial charge is 0.462 e.